The quantitative estimate of drug-likeness (QED) is 0.659. The van der Waals surface area contributed by atoms with Crippen LogP contribution in [0.15, 0.2) is 42.5 Å². The fraction of sp³-hybridized carbons (Fsp3) is 0.316. The molecule has 1 amide bonds. The Hall–Kier alpha value is -1.76. The topological polar surface area (TPSA) is 66.5 Å². The second-order valence-corrected chi connectivity index (χ2v) is 8.88. The Morgan fingerprint density at radius 1 is 1.11 bits per heavy atom. The number of anilines is 2. The molecule has 27 heavy (non-hydrogen) atoms. The number of aryl methyl sites for hydroxylation is 1. The Labute approximate surface area is 170 Å². The van der Waals surface area contributed by atoms with E-state index in [1.165, 1.54) is 4.31 Å². The van der Waals surface area contributed by atoms with Gasteiger partial charge in [0.1, 0.15) is 0 Å². The molecule has 0 fully saturated rings. The van der Waals surface area contributed by atoms with Gasteiger partial charge in [-0.2, -0.15) is 0 Å². The van der Waals surface area contributed by atoms with E-state index in [9.17, 15) is 13.2 Å². The van der Waals surface area contributed by atoms with E-state index in [4.69, 9.17) is 23.2 Å². The number of nitrogens with one attached hydrogen (secondary N) is 1. The smallest absolute Gasteiger partial charge is 0.232 e. The molecule has 146 valence electrons. The van der Waals surface area contributed by atoms with Crippen LogP contribution in [0.3, 0.4) is 0 Å². The molecule has 0 spiro atoms. The highest BCUT2D eigenvalue weighted by Gasteiger charge is 2.17. The van der Waals surface area contributed by atoms with Gasteiger partial charge in [0.05, 0.1) is 22.7 Å². The molecule has 0 aromatic heterocycles. The molecule has 2 aromatic rings. The van der Waals surface area contributed by atoms with Crippen LogP contribution in [0.4, 0.5) is 11.4 Å². The third-order valence-electron chi connectivity index (χ3n) is 4.00. The van der Waals surface area contributed by atoms with Gasteiger partial charge in [-0.15, -0.1) is 0 Å². The zero-order valence-corrected chi connectivity index (χ0v) is 17.5. The van der Waals surface area contributed by atoms with Gasteiger partial charge in [0.2, 0.25) is 15.9 Å². The van der Waals surface area contributed by atoms with E-state index in [1.54, 1.807) is 30.3 Å². The molecule has 5 nitrogen and oxygen atoms in total. The van der Waals surface area contributed by atoms with Crippen LogP contribution in [0.1, 0.15) is 25.3 Å². The summed E-state index contributed by atoms with van der Waals surface area (Å²) in [5.74, 6) is -0.256. The number of carbonyl (C=O) groups is 1. The molecule has 1 N–H and O–H groups in total. The molecule has 2 aromatic carbocycles. The van der Waals surface area contributed by atoms with Crippen molar-refractivity contribution in [3.05, 3.63) is 58.1 Å². The summed E-state index contributed by atoms with van der Waals surface area (Å²) in [4.78, 5) is 12.1. The van der Waals surface area contributed by atoms with Crippen molar-refractivity contribution < 1.29 is 13.2 Å². The zero-order valence-electron chi connectivity index (χ0n) is 15.2. The molecule has 0 aliphatic heterocycles. The number of nitrogens with zero attached hydrogens (tertiary/aromatic N) is 1. The number of hydrogen-bond acceptors (Lipinski definition) is 3. The second kappa shape index (κ2) is 9.44. The van der Waals surface area contributed by atoms with Gasteiger partial charge in [0.25, 0.3) is 0 Å². The van der Waals surface area contributed by atoms with E-state index < -0.39 is 10.0 Å². The Kier molecular flexibility index (Phi) is 7.53. The number of halogens is 2. The molecule has 0 radical (unpaired) electrons. The number of carbonyl (C=O) groups excluding carboxylic acids is 1. The Morgan fingerprint density at radius 3 is 2.37 bits per heavy atom. The van der Waals surface area contributed by atoms with Crippen molar-refractivity contribution in [1.29, 1.82) is 0 Å². The van der Waals surface area contributed by atoms with E-state index in [2.05, 4.69) is 5.32 Å². The van der Waals surface area contributed by atoms with Gasteiger partial charge >= 0.3 is 0 Å². The largest absolute Gasteiger partial charge is 0.325 e. The molecule has 0 atom stereocenters. The first-order chi connectivity index (χ1) is 12.7. The standard InChI is InChI=1S/C19H22Cl2N2O3S/c1-3-14-6-9-16(10-7-14)23(27(2,25)26)12-4-5-19(24)22-18-13-15(20)8-11-17(18)21/h6-11,13H,3-5,12H2,1-2H3,(H,22,24). The van der Waals surface area contributed by atoms with Gasteiger partial charge in [0, 0.05) is 18.0 Å². The molecular weight excluding hydrogens is 407 g/mol. The fourth-order valence-electron chi connectivity index (χ4n) is 2.57. The summed E-state index contributed by atoms with van der Waals surface area (Å²) >= 11 is 11.9. The highest BCUT2D eigenvalue weighted by atomic mass is 35.5. The van der Waals surface area contributed by atoms with Crippen LogP contribution in [0.5, 0.6) is 0 Å². The average molecular weight is 429 g/mol. The predicted molar refractivity (Wildman–Crippen MR) is 112 cm³/mol. The summed E-state index contributed by atoms with van der Waals surface area (Å²) < 4.78 is 25.6. The van der Waals surface area contributed by atoms with E-state index >= 15 is 0 Å². The van der Waals surface area contributed by atoms with Crippen LogP contribution in [-0.2, 0) is 21.2 Å². The van der Waals surface area contributed by atoms with Crippen molar-refractivity contribution >= 4 is 50.5 Å². The van der Waals surface area contributed by atoms with E-state index in [-0.39, 0.29) is 18.9 Å². The summed E-state index contributed by atoms with van der Waals surface area (Å²) in [5.41, 5.74) is 2.15. The number of amides is 1. The summed E-state index contributed by atoms with van der Waals surface area (Å²) in [6.45, 7) is 2.25. The van der Waals surface area contributed by atoms with Gasteiger partial charge in [-0.3, -0.25) is 9.10 Å². The van der Waals surface area contributed by atoms with Crippen LogP contribution in [0.25, 0.3) is 0 Å². The van der Waals surface area contributed by atoms with Crippen LogP contribution < -0.4 is 9.62 Å². The van der Waals surface area contributed by atoms with Crippen LogP contribution in [-0.4, -0.2) is 27.1 Å². The van der Waals surface area contributed by atoms with Crippen molar-refractivity contribution in [2.24, 2.45) is 0 Å². The summed E-state index contributed by atoms with van der Waals surface area (Å²) in [5, 5.41) is 3.55. The first kappa shape index (κ1) is 21.5. The maximum atomic E-state index is 12.1. The number of sulfonamides is 1. The van der Waals surface area contributed by atoms with E-state index in [1.807, 2.05) is 19.1 Å². The third kappa shape index (κ3) is 6.41. The van der Waals surface area contributed by atoms with Gasteiger partial charge in [-0.05, 0) is 48.7 Å². The molecule has 8 heteroatoms. The summed E-state index contributed by atoms with van der Waals surface area (Å²) in [6.07, 6.45) is 2.56. The van der Waals surface area contributed by atoms with Gasteiger partial charge in [-0.1, -0.05) is 42.3 Å². The Morgan fingerprint density at radius 2 is 1.78 bits per heavy atom. The van der Waals surface area contributed by atoms with Gasteiger partial charge < -0.3 is 5.32 Å². The van der Waals surface area contributed by atoms with Crippen molar-refractivity contribution in [2.45, 2.75) is 26.2 Å². The molecule has 0 heterocycles. The first-order valence-corrected chi connectivity index (χ1v) is 11.1. The van der Waals surface area contributed by atoms with Gasteiger partial charge in [0.15, 0.2) is 0 Å². The Bertz CT molecular complexity index is 900. The third-order valence-corrected chi connectivity index (χ3v) is 5.76. The normalized spacial score (nSPS) is 11.3. The van der Waals surface area contributed by atoms with Crippen LogP contribution >= 0.6 is 23.2 Å². The van der Waals surface area contributed by atoms with Crippen LogP contribution in [0.2, 0.25) is 10.0 Å². The number of benzene rings is 2. The minimum atomic E-state index is -3.44. The van der Waals surface area contributed by atoms with Crippen molar-refractivity contribution in [3.8, 4) is 0 Å². The van der Waals surface area contributed by atoms with Gasteiger partial charge in [-0.25, -0.2) is 8.42 Å². The van der Waals surface area contributed by atoms with E-state index in [0.717, 1.165) is 18.2 Å². The minimum Gasteiger partial charge on any atom is -0.325 e. The highest BCUT2D eigenvalue weighted by Crippen LogP contribution is 2.25. The predicted octanol–water partition coefficient (Wildman–Crippen LogP) is 4.74. The van der Waals surface area contributed by atoms with E-state index in [0.29, 0.717) is 27.8 Å². The lowest BCUT2D eigenvalue weighted by Crippen LogP contribution is -2.31. The lowest BCUT2D eigenvalue weighted by Gasteiger charge is -2.22. The highest BCUT2D eigenvalue weighted by molar-refractivity contribution is 7.92. The SMILES string of the molecule is CCc1ccc(N(CCCC(=O)Nc2cc(Cl)ccc2Cl)S(C)(=O)=O)cc1. The minimum absolute atomic E-state index is 0.155. The maximum absolute atomic E-state index is 12.1. The Balaban J connectivity index is 1.98. The molecule has 0 aliphatic carbocycles. The molecule has 0 aliphatic rings. The van der Waals surface area contributed by atoms with Crippen molar-refractivity contribution in [3.63, 3.8) is 0 Å². The number of rotatable bonds is 8. The van der Waals surface area contributed by atoms with Crippen molar-refractivity contribution in [1.82, 2.24) is 0 Å². The molecule has 0 saturated heterocycles. The van der Waals surface area contributed by atoms with Crippen LogP contribution in [0, 0.1) is 0 Å². The fourth-order valence-corrected chi connectivity index (χ4v) is 3.88. The molecular formula is C19H22Cl2N2O3S. The first-order valence-electron chi connectivity index (χ1n) is 8.52. The molecule has 0 bridgehead atoms. The lowest BCUT2D eigenvalue weighted by molar-refractivity contribution is -0.116. The maximum Gasteiger partial charge on any atom is 0.232 e. The second-order valence-electron chi connectivity index (χ2n) is 6.13. The zero-order chi connectivity index (χ0) is 20.0. The van der Waals surface area contributed by atoms with Crippen molar-refractivity contribution in [2.75, 3.05) is 22.4 Å². The summed E-state index contributed by atoms with van der Waals surface area (Å²) in [7, 11) is -3.44. The molecule has 0 saturated carbocycles. The summed E-state index contributed by atoms with van der Waals surface area (Å²) in [6, 6.07) is 12.2. The monoisotopic (exact) mass is 428 g/mol. The average Bonchev–Trinajstić information content (AvgIpc) is 2.61. The number of hydrogen-bond donors (Lipinski definition) is 1. The lowest BCUT2D eigenvalue weighted by atomic mass is 10.1. The molecule has 2 rings (SSSR count). The molecule has 0 unspecified atom stereocenters.